The molecule has 0 spiro atoms. The van der Waals surface area contributed by atoms with Gasteiger partial charge in [-0.2, -0.15) is 0 Å². The van der Waals surface area contributed by atoms with Crippen molar-refractivity contribution in [2.24, 2.45) is 0 Å². The second-order valence-electron chi connectivity index (χ2n) is 5.66. The van der Waals surface area contributed by atoms with Gasteiger partial charge < -0.3 is 14.4 Å². The second kappa shape index (κ2) is 6.62. The number of carbonyl (C=O) groups is 1. The molecule has 2 aliphatic heterocycles. The van der Waals surface area contributed by atoms with Crippen LogP contribution in [0.5, 0.6) is 11.5 Å². The van der Waals surface area contributed by atoms with E-state index < -0.39 is 15.6 Å². The first-order valence-electron chi connectivity index (χ1n) is 7.58. The summed E-state index contributed by atoms with van der Waals surface area (Å²) in [4.78, 5) is 13.5. The fourth-order valence-corrected chi connectivity index (χ4v) is 3.72. The van der Waals surface area contributed by atoms with E-state index in [1.54, 1.807) is 29.2 Å². The van der Waals surface area contributed by atoms with E-state index in [1.807, 2.05) is 6.07 Å². The van der Waals surface area contributed by atoms with Crippen molar-refractivity contribution in [3.05, 3.63) is 29.8 Å². The summed E-state index contributed by atoms with van der Waals surface area (Å²) >= 11 is 0. The molecule has 0 atom stereocenters. The first-order valence-corrected chi connectivity index (χ1v) is 9.40. The Labute approximate surface area is 135 Å². The molecule has 0 aliphatic carbocycles. The summed E-state index contributed by atoms with van der Waals surface area (Å²) < 4.78 is 34.6. The minimum Gasteiger partial charge on any atom is -0.454 e. The maximum Gasteiger partial charge on any atom is 0.237 e. The summed E-state index contributed by atoms with van der Waals surface area (Å²) in [6.45, 7) is 1.54. The molecule has 23 heavy (non-hydrogen) atoms. The van der Waals surface area contributed by atoms with Gasteiger partial charge in [0, 0.05) is 13.1 Å². The van der Waals surface area contributed by atoms with Crippen molar-refractivity contribution in [1.29, 1.82) is 0 Å². The van der Waals surface area contributed by atoms with E-state index in [0.29, 0.717) is 24.6 Å². The van der Waals surface area contributed by atoms with Crippen LogP contribution >= 0.6 is 0 Å². The van der Waals surface area contributed by atoms with E-state index in [0.717, 1.165) is 18.4 Å². The van der Waals surface area contributed by atoms with Crippen molar-refractivity contribution in [1.82, 2.24) is 4.90 Å². The zero-order valence-corrected chi connectivity index (χ0v) is 13.5. The average Bonchev–Trinajstić information content (AvgIpc) is 3.17. The summed E-state index contributed by atoms with van der Waals surface area (Å²) in [6.07, 6.45) is 5.18. The Kier molecular flexibility index (Phi) is 4.56. The average molecular weight is 337 g/mol. The van der Waals surface area contributed by atoms with Gasteiger partial charge in [0.2, 0.25) is 12.7 Å². The molecule has 3 rings (SSSR count). The molecule has 1 fully saturated rings. The number of benzene rings is 1. The highest BCUT2D eigenvalue weighted by atomic mass is 32.2. The molecule has 0 unspecified atom stereocenters. The van der Waals surface area contributed by atoms with Crippen LogP contribution in [0.3, 0.4) is 0 Å². The molecule has 124 valence electrons. The lowest BCUT2D eigenvalue weighted by molar-refractivity contribution is -0.127. The topological polar surface area (TPSA) is 72.9 Å². The molecule has 0 N–H and O–H groups in total. The van der Waals surface area contributed by atoms with Crippen molar-refractivity contribution in [2.45, 2.75) is 12.8 Å². The van der Waals surface area contributed by atoms with Crippen LogP contribution in [0, 0.1) is 0 Å². The normalized spacial score (nSPS) is 17.1. The van der Waals surface area contributed by atoms with Gasteiger partial charge in [0.15, 0.2) is 21.3 Å². The zero-order chi connectivity index (χ0) is 16.3. The molecule has 2 aliphatic rings. The third-order valence-corrected chi connectivity index (χ3v) is 5.25. The minimum absolute atomic E-state index is 0.152. The van der Waals surface area contributed by atoms with Crippen LogP contribution in [0.15, 0.2) is 24.3 Å². The number of nitrogens with zero attached hydrogens (tertiary/aromatic N) is 1. The van der Waals surface area contributed by atoms with E-state index in [-0.39, 0.29) is 18.5 Å². The number of rotatable bonds is 5. The fourth-order valence-electron chi connectivity index (χ4n) is 2.65. The molecule has 0 radical (unpaired) electrons. The van der Waals surface area contributed by atoms with Gasteiger partial charge in [-0.1, -0.05) is 18.2 Å². The summed E-state index contributed by atoms with van der Waals surface area (Å²) in [5.41, 5.74) is 0.829. The monoisotopic (exact) mass is 337 g/mol. The lowest BCUT2D eigenvalue weighted by Gasteiger charge is -2.14. The van der Waals surface area contributed by atoms with Crippen LogP contribution in [-0.4, -0.2) is 50.6 Å². The van der Waals surface area contributed by atoms with Gasteiger partial charge in [0.05, 0.1) is 5.75 Å². The highest BCUT2D eigenvalue weighted by Gasteiger charge is 2.23. The van der Waals surface area contributed by atoms with Gasteiger partial charge in [-0.15, -0.1) is 0 Å². The van der Waals surface area contributed by atoms with Gasteiger partial charge in [-0.25, -0.2) is 8.42 Å². The highest BCUT2D eigenvalue weighted by Crippen LogP contribution is 2.32. The number of fused-ring (bicyclic) bond motifs is 1. The second-order valence-corrected chi connectivity index (χ2v) is 7.77. The SMILES string of the molecule is O=C(CS(=O)(=O)C/C=C/c1ccc2c(c1)OCO2)N1CCCC1. The van der Waals surface area contributed by atoms with Gasteiger partial charge in [-0.05, 0) is 30.5 Å². The Morgan fingerprint density at radius 2 is 1.91 bits per heavy atom. The molecule has 0 bridgehead atoms. The van der Waals surface area contributed by atoms with Gasteiger partial charge in [0.1, 0.15) is 5.75 Å². The van der Waals surface area contributed by atoms with E-state index in [1.165, 1.54) is 0 Å². The van der Waals surface area contributed by atoms with Crippen molar-refractivity contribution < 1.29 is 22.7 Å². The number of amides is 1. The summed E-state index contributed by atoms with van der Waals surface area (Å²) in [7, 11) is -3.43. The molecule has 1 aromatic rings. The number of hydrogen-bond donors (Lipinski definition) is 0. The molecule has 6 nitrogen and oxygen atoms in total. The maximum absolute atomic E-state index is 12.0. The van der Waals surface area contributed by atoms with Crippen LogP contribution in [0.1, 0.15) is 18.4 Å². The molecule has 1 aromatic carbocycles. The van der Waals surface area contributed by atoms with Crippen LogP contribution in [0.4, 0.5) is 0 Å². The molecular formula is C16H19NO5S. The number of carbonyl (C=O) groups excluding carboxylic acids is 1. The molecule has 0 saturated carbocycles. The third-order valence-electron chi connectivity index (χ3n) is 3.86. The Bertz CT molecular complexity index is 720. The standard InChI is InChI=1S/C16H19NO5S/c18-16(17-7-1-2-8-17)11-23(19,20)9-3-4-13-5-6-14-15(10-13)22-12-21-14/h3-6,10H,1-2,7-9,11-12H2/b4-3+. The van der Waals surface area contributed by atoms with Gasteiger partial charge in [-0.3, -0.25) is 4.79 Å². The van der Waals surface area contributed by atoms with Crippen molar-refractivity contribution >= 4 is 21.8 Å². The lowest BCUT2D eigenvalue weighted by atomic mass is 10.2. The van der Waals surface area contributed by atoms with Crippen LogP contribution in [0.25, 0.3) is 6.08 Å². The minimum atomic E-state index is -3.43. The van der Waals surface area contributed by atoms with Crippen molar-refractivity contribution in [2.75, 3.05) is 31.4 Å². The molecule has 0 aromatic heterocycles. The molecule has 1 amide bonds. The largest absolute Gasteiger partial charge is 0.454 e. The zero-order valence-electron chi connectivity index (χ0n) is 12.7. The highest BCUT2D eigenvalue weighted by molar-refractivity contribution is 7.92. The Morgan fingerprint density at radius 3 is 2.70 bits per heavy atom. The van der Waals surface area contributed by atoms with E-state index in [2.05, 4.69) is 0 Å². The molecule has 1 saturated heterocycles. The lowest BCUT2D eigenvalue weighted by Crippen LogP contribution is -2.33. The molecule has 2 heterocycles. The first kappa shape index (κ1) is 15.9. The Hall–Kier alpha value is -2.02. The number of hydrogen-bond acceptors (Lipinski definition) is 5. The summed E-state index contributed by atoms with van der Waals surface area (Å²) in [5.74, 6) is 0.476. The summed E-state index contributed by atoms with van der Waals surface area (Å²) in [5, 5.41) is 0. The number of likely N-dealkylation sites (tertiary alicyclic amines) is 1. The number of ether oxygens (including phenoxy) is 2. The molecule has 7 heteroatoms. The van der Waals surface area contributed by atoms with Crippen molar-refractivity contribution in [3.63, 3.8) is 0 Å². The van der Waals surface area contributed by atoms with E-state index in [4.69, 9.17) is 9.47 Å². The fraction of sp³-hybridized carbons (Fsp3) is 0.438. The van der Waals surface area contributed by atoms with Crippen LogP contribution < -0.4 is 9.47 Å². The predicted octanol–water partition coefficient (Wildman–Crippen LogP) is 1.47. The quantitative estimate of drug-likeness (QED) is 0.813. The summed E-state index contributed by atoms with van der Waals surface area (Å²) in [6, 6.07) is 5.40. The number of sulfone groups is 1. The Morgan fingerprint density at radius 1 is 1.17 bits per heavy atom. The van der Waals surface area contributed by atoms with E-state index >= 15 is 0 Å². The van der Waals surface area contributed by atoms with Crippen molar-refractivity contribution in [3.8, 4) is 11.5 Å². The predicted molar refractivity (Wildman–Crippen MR) is 86.1 cm³/mol. The van der Waals surface area contributed by atoms with Crippen LogP contribution in [-0.2, 0) is 14.6 Å². The third kappa shape index (κ3) is 4.04. The van der Waals surface area contributed by atoms with E-state index in [9.17, 15) is 13.2 Å². The Balaban J connectivity index is 1.57. The smallest absolute Gasteiger partial charge is 0.237 e. The van der Waals surface area contributed by atoms with Gasteiger partial charge in [0.25, 0.3) is 0 Å². The first-order chi connectivity index (χ1) is 11.0. The van der Waals surface area contributed by atoms with Gasteiger partial charge >= 0.3 is 0 Å². The molecular weight excluding hydrogens is 318 g/mol. The van der Waals surface area contributed by atoms with Crippen LogP contribution in [0.2, 0.25) is 0 Å². The maximum atomic E-state index is 12.0.